The summed E-state index contributed by atoms with van der Waals surface area (Å²) >= 11 is 0. The van der Waals surface area contributed by atoms with Gasteiger partial charge in [-0.2, -0.15) is 0 Å². The van der Waals surface area contributed by atoms with Gasteiger partial charge in [0.25, 0.3) is 5.91 Å². The lowest BCUT2D eigenvalue weighted by atomic mass is 9.94. The third kappa shape index (κ3) is 4.54. The molecule has 0 spiro atoms. The van der Waals surface area contributed by atoms with Crippen LogP contribution in [0.5, 0.6) is 0 Å². The molecule has 0 radical (unpaired) electrons. The van der Waals surface area contributed by atoms with Gasteiger partial charge < -0.3 is 19.0 Å². The highest BCUT2D eigenvalue weighted by molar-refractivity contribution is 5.93. The van der Waals surface area contributed by atoms with E-state index in [2.05, 4.69) is 9.88 Å². The Morgan fingerprint density at radius 2 is 1.93 bits per heavy atom. The molecule has 27 heavy (non-hydrogen) atoms. The molecule has 1 aliphatic carbocycles. The first-order chi connectivity index (χ1) is 13.2. The Balaban J connectivity index is 1.37. The largest absolute Gasteiger partial charge is 0.448 e. The molecule has 150 valence electrons. The van der Waals surface area contributed by atoms with E-state index >= 15 is 0 Å². The molecule has 2 saturated heterocycles. The zero-order chi connectivity index (χ0) is 18.6. The Morgan fingerprint density at radius 1 is 1.15 bits per heavy atom. The van der Waals surface area contributed by atoms with Crippen LogP contribution in [0.2, 0.25) is 0 Å². The molecule has 1 aromatic heterocycles. The van der Waals surface area contributed by atoms with Crippen LogP contribution in [0.4, 0.5) is 0 Å². The predicted molar refractivity (Wildman–Crippen MR) is 103 cm³/mol. The van der Waals surface area contributed by atoms with Gasteiger partial charge in [0.15, 0.2) is 12.1 Å². The van der Waals surface area contributed by atoms with E-state index in [-0.39, 0.29) is 12.0 Å². The van der Waals surface area contributed by atoms with E-state index in [1.165, 1.54) is 58.0 Å². The molecule has 0 aromatic carbocycles. The number of carbonyl (C=O) groups excluding carboxylic acids is 1. The lowest BCUT2D eigenvalue weighted by molar-refractivity contribution is 0.0424. The van der Waals surface area contributed by atoms with E-state index in [9.17, 15) is 4.79 Å². The third-order valence-electron chi connectivity index (χ3n) is 6.65. The van der Waals surface area contributed by atoms with Crippen molar-refractivity contribution in [3.8, 4) is 0 Å². The molecule has 0 bridgehead atoms. The van der Waals surface area contributed by atoms with E-state index in [0.29, 0.717) is 23.9 Å². The van der Waals surface area contributed by atoms with Gasteiger partial charge >= 0.3 is 0 Å². The van der Waals surface area contributed by atoms with E-state index in [1.807, 2.05) is 11.8 Å². The zero-order valence-corrected chi connectivity index (χ0v) is 16.6. The molecule has 1 atom stereocenters. The monoisotopic (exact) mass is 375 g/mol. The summed E-state index contributed by atoms with van der Waals surface area (Å²) < 4.78 is 11.1. The van der Waals surface area contributed by atoms with E-state index in [4.69, 9.17) is 9.15 Å². The van der Waals surface area contributed by atoms with Crippen molar-refractivity contribution in [3.05, 3.63) is 17.8 Å². The zero-order valence-electron chi connectivity index (χ0n) is 16.6. The first kappa shape index (κ1) is 18.9. The summed E-state index contributed by atoms with van der Waals surface area (Å²) in [5.74, 6) is 1.17. The summed E-state index contributed by atoms with van der Waals surface area (Å²) in [7, 11) is 0. The number of carbonyl (C=O) groups is 1. The van der Waals surface area contributed by atoms with Crippen molar-refractivity contribution in [3.63, 3.8) is 0 Å². The summed E-state index contributed by atoms with van der Waals surface area (Å²) in [4.78, 5) is 21.9. The third-order valence-corrected chi connectivity index (χ3v) is 6.65. The Morgan fingerprint density at radius 3 is 2.56 bits per heavy atom. The summed E-state index contributed by atoms with van der Waals surface area (Å²) in [6, 6.07) is 0.813. The number of hydrogen-bond donors (Lipinski definition) is 0. The van der Waals surface area contributed by atoms with Crippen molar-refractivity contribution in [2.75, 3.05) is 32.8 Å². The molecule has 1 amide bonds. The molecule has 6 nitrogen and oxygen atoms in total. The molecule has 3 heterocycles. The smallest absolute Gasteiger partial charge is 0.276 e. The number of amides is 1. The highest BCUT2D eigenvalue weighted by atomic mass is 16.5. The van der Waals surface area contributed by atoms with Crippen LogP contribution in [0.1, 0.15) is 67.6 Å². The second-order valence-electron chi connectivity index (χ2n) is 8.52. The minimum absolute atomic E-state index is 0.00466. The van der Waals surface area contributed by atoms with Crippen molar-refractivity contribution >= 4 is 5.91 Å². The van der Waals surface area contributed by atoms with Crippen LogP contribution in [-0.2, 0) is 4.74 Å². The lowest BCUT2D eigenvalue weighted by Crippen LogP contribution is -2.45. The van der Waals surface area contributed by atoms with Gasteiger partial charge in [0.2, 0.25) is 0 Å². The van der Waals surface area contributed by atoms with Crippen molar-refractivity contribution in [2.45, 2.75) is 70.4 Å². The number of oxazole rings is 1. The standard InChI is InChI=1S/C21H33N3O3/c1-16-20(22-15-27-16)21(25)24(14-19-7-4-12-26-19)13-17-8-10-23(11-9-17)18-5-2-3-6-18/h15,17-19H,2-14H2,1H3. The summed E-state index contributed by atoms with van der Waals surface area (Å²) in [6.07, 6.45) is 11.6. The van der Waals surface area contributed by atoms with Crippen LogP contribution in [0.3, 0.4) is 0 Å². The topological polar surface area (TPSA) is 58.8 Å². The van der Waals surface area contributed by atoms with Crippen molar-refractivity contribution in [1.29, 1.82) is 0 Å². The fourth-order valence-corrected chi connectivity index (χ4v) is 5.02. The maximum absolute atomic E-state index is 13.1. The number of rotatable bonds is 6. The molecule has 6 heteroatoms. The van der Waals surface area contributed by atoms with Gasteiger partial charge in [-0.3, -0.25) is 4.79 Å². The molecule has 3 aliphatic rings. The van der Waals surface area contributed by atoms with Crippen LogP contribution in [0, 0.1) is 12.8 Å². The van der Waals surface area contributed by atoms with Gasteiger partial charge in [0.05, 0.1) is 6.10 Å². The minimum Gasteiger partial charge on any atom is -0.448 e. The summed E-state index contributed by atoms with van der Waals surface area (Å²) in [6.45, 7) is 6.47. The molecule has 1 saturated carbocycles. The number of likely N-dealkylation sites (tertiary alicyclic amines) is 1. The Hall–Kier alpha value is -1.40. The molecule has 0 N–H and O–H groups in total. The van der Waals surface area contributed by atoms with Gasteiger partial charge in [-0.25, -0.2) is 4.98 Å². The second kappa shape index (κ2) is 8.74. The predicted octanol–water partition coefficient (Wildman–Crippen LogP) is 3.26. The summed E-state index contributed by atoms with van der Waals surface area (Å²) in [5, 5.41) is 0. The minimum atomic E-state index is -0.00466. The summed E-state index contributed by atoms with van der Waals surface area (Å²) in [5.41, 5.74) is 0.455. The number of aryl methyl sites for hydroxylation is 1. The van der Waals surface area contributed by atoms with Crippen molar-refractivity contribution in [1.82, 2.24) is 14.8 Å². The molecular weight excluding hydrogens is 342 g/mol. The molecular formula is C21H33N3O3. The van der Waals surface area contributed by atoms with E-state index < -0.39 is 0 Å². The average molecular weight is 376 g/mol. The molecule has 2 aliphatic heterocycles. The quantitative estimate of drug-likeness (QED) is 0.764. The Kier molecular flexibility index (Phi) is 6.13. The fraction of sp³-hybridized carbons (Fsp3) is 0.810. The fourth-order valence-electron chi connectivity index (χ4n) is 5.02. The van der Waals surface area contributed by atoms with E-state index in [1.54, 1.807) is 0 Å². The number of nitrogens with zero attached hydrogens (tertiary/aromatic N) is 3. The van der Waals surface area contributed by atoms with Gasteiger partial charge in [0, 0.05) is 25.7 Å². The van der Waals surface area contributed by atoms with Gasteiger partial charge in [-0.1, -0.05) is 12.8 Å². The number of piperidine rings is 1. The number of aromatic nitrogens is 1. The van der Waals surface area contributed by atoms with Crippen molar-refractivity contribution < 1.29 is 13.9 Å². The Labute approximate surface area is 162 Å². The Bertz CT molecular complexity index is 612. The number of ether oxygens (including phenoxy) is 1. The maximum atomic E-state index is 13.1. The second-order valence-corrected chi connectivity index (χ2v) is 8.52. The molecule has 1 aromatic rings. The maximum Gasteiger partial charge on any atom is 0.276 e. The van der Waals surface area contributed by atoms with Crippen LogP contribution >= 0.6 is 0 Å². The van der Waals surface area contributed by atoms with E-state index in [0.717, 1.165) is 32.0 Å². The van der Waals surface area contributed by atoms with Gasteiger partial charge in [-0.05, 0) is 64.5 Å². The molecule has 1 unspecified atom stereocenters. The lowest BCUT2D eigenvalue weighted by Gasteiger charge is -2.38. The van der Waals surface area contributed by atoms with Crippen LogP contribution in [-0.4, -0.2) is 65.6 Å². The first-order valence-electron chi connectivity index (χ1n) is 10.8. The first-order valence-corrected chi connectivity index (χ1v) is 10.8. The van der Waals surface area contributed by atoms with Crippen LogP contribution in [0.25, 0.3) is 0 Å². The average Bonchev–Trinajstić information content (AvgIpc) is 3.44. The number of hydrogen-bond acceptors (Lipinski definition) is 5. The SMILES string of the molecule is Cc1ocnc1C(=O)N(CC1CCN(C2CCCC2)CC1)CC1CCCO1. The van der Waals surface area contributed by atoms with Crippen LogP contribution < -0.4 is 0 Å². The molecule has 4 rings (SSSR count). The van der Waals surface area contributed by atoms with Crippen molar-refractivity contribution in [2.24, 2.45) is 5.92 Å². The highest BCUT2D eigenvalue weighted by Crippen LogP contribution is 2.28. The van der Waals surface area contributed by atoms with Gasteiger partial charge in [0.1, 0.15) is 5.76 Å². The highest BCUT2D eigenvalue weighted by Gasteiger charge is 2.31. The van der Waals surface area contributed by atoms with Gasteiger partial charge in [-0.15, -0.1) is 0 Å². The normalized spacial score (nSPS) is 25.3. The molecule has 3 fully saturated rings. The van der Waals surface area contributed by atoms with Crippen LogP contribution in [0.15, 0.2) is 10.8 Å².